The van der Waals surface area contributed by atoms with Gasteiger partial charge in [0.25, 0.3) is 0 Å². The average molecular weight is 346 g/mol. The third-order valence-corrected chi connectivity index (χ3v) is 2.87. The molecule has 0 aliphatic rings. The molecule has 0 aliphatic carbocycles. The van der Waals surface area contributed by atoms with Gasteiger partial charge in [-0.2, -0.15) is 13.2 Å². The smallest absolute Gasteiger partial charge is 0.465 e. The van der Waals surface area contributed by atoms with Gasteiger partial charge in [-0.25, -0.2) is 0 Å². The lowest BCUT2D eigenvalue weighted by atomic mass is 10.1. The number of carbonyl (C=O) groups excluding carboxylic acids is 3. The molecule has 0 radical (unpaired) electrons. The standard InChI is InChI=1S/C15H17F3N2O4/c1-2-24-12(21)9-19-13(22)11(20-14(23)15(16,17)18)8-10-6-4-3-5-7-10/h3-7,11H,2,8-9H2,1H3,(H,19,22)(H,20,23). The van der Waals surface area contributed by atoms with Crippen LogP contribution in [0.3, 0.4) is 0 Å². The Hall–Kier alpha value is -2.58. The number of carbonyl (C=O) groups is 3. The summed E-state index contributed by atoms with van der Waals surface area (Å²) in [5.41, 5.74) is 0.552. The molecule has 0 bridgehead atoms. The van der Waals surface area contributed by atoms with Crippen LogP contribution < -0.4 is 10.6 Å². The van der Waals surface area contributed by atoms with Gasteiger partial charge in [-0.1, -0.05) is 30.3 Å². The Balaban J connectivity index is 2.78. The van der Waals surface area contributed by atoms with Crippen LogP contribution in [0.5, 0.6) is 0 Å². The van der Waals surface area contributed by atoms with Crippen molar-refractivity contribution in [2.45, 2.75) is 25.6 Å². The Morgan fingerprint density at radius 2 is 1.79 bits per heavy atom. The first-order chi connectivity index (χ1) is 11.2. The lowest BCUT2D eigenvalue weighted by molar-refractivity contribution is -0.174. The van der Waals surface area contributed by atoms with Gasteiger partial charge in [-0.3, -0.25) is 14.4 Å². The van der Waals surface area contributed by atoms with E-state index in [1.54, 1.807) is 42.6 Å². The predicted molar refractivity (Wildman–Crippen MR) is 77.8 cm³/mol. The van der Waals surface area contributed by atoms with Crippen molar-refractivity contribution in [3.05, 3.63) is 35.9 Å². The molecule has 0 aromatic heterocycles. The van der Waals surface area contributed by atoms with Gasteiger partial charge in [0, 0.05) is 6.42 Å². The zero-order chi connectivity index (χ0) is 18.2. The Kier molecular flexibility index (Phi) is 7.22. The number of amides is 2. The second-order valence-corrected chi connectivity index (χ2v) is 4.74. The highest BCUT2D eigenvalue weighted by atomic mass is 19.4. The van der Waals surface area contributed by atoms with Crippen molar-refractivity contribution in [3.8, 4) is 0 Å². The van der Waals surface area contributed by atoms with Crippen LogP contribution in [0.1, 0.15) is 12.5 Å². The molecule has 1 atom stereocenters. The molecule has 6 nitrogen and oxygen atoms in total. The topological polar surface area (TPSA) is 84.5 Å². The third kappa shape index (κ3) is 6.67. The van der Waals surface area contributed by atoms with E-state index in [-0.39, 0.29) is 13.0 Å². The first kappa shape index (κ1) is 19.5. The summed E-state index contributed by atoms with van der Waals surface area (Å²) in [5.74, 6) is -3.87. The molecule has 0 fully saturated rings. The third-order valence-electron chi connectivity index (χ3n) is 2.87. The number of hydrogen-bond acceptors (Lipinski definition) is 4. The normalized spacial score (nSPS) is 12.2. The van der Waals surface area contributed by atoms with Crippen LogP contribution in [0, 0.1) is 0 Å². The quantitative estimate of drug-likeness (QED) is 0.720. The summed E-state index contributed by atoms with van der Waals surface area (Å²) in [6.45, 7) is 1.17. The summed E-state index contributed by atoms with van der Waals surface area (Å²) in [4.78, 5) is 34.3. The molecule has 2 amide bonds. The minimum Gasteiger partial charge on any atom is -0.465 e. The average Bonchev–Trinajstić information content (AvgIpc) is 2.52. The zero-order valence-corrected chi connectivity index (χ0v) is 12.9. The van der Waals surface area contributed by atoms with Gasteiger partial charge >= 0.3 is 18.1 Å². The number of esters is 1. The van der Waals surface area contributed by atoms with E-state index in [9.17, 15) is 27.6 Å². The fraction of sp³-hybridized carbons (Fsp3) is 0.400. The summed E-state index contributed by atoms with van der Waals surface area (Å²) in [5, 5.41) is 3.78. The molecular weight excluding hydrogens is 329 g/mol. The molecular formula is C15H17F3N2O4. The van der Waals surface area contributed by atoms with Crippen molar-refractivity contribution < 1.29 is 32.3 Å². The largest absolute Gasteiger partial charge is 0.471 e. The zero-order valence-electron chi connectivity index (χ0n) is 12.9. The van der Waals surface area contributed by atoms with Crippen molar-refractivity contribution in [3.63, 3.8) is 0 Å². The first-order valence-corrected chi connectivity index (χ1v) is 7.09. The number of rotatable bonds is 7. The van der Waals surface area contributed by atoms with E-state index in [2.05, 4.69) is 10.1 Å². The van der Waals surface area contributed by atoms with Crippen molar-refractivity contribution >= 4 is 17.8 Å². The summed E-state index contributed by atoms with van der Waals surface area (Å²) >= 11 is 0. The molecule has 2 N–H and O–H groups in total. The van der Waals surface area contributed by atoms with E-state index in [1.807, 2.05) is 0 Å². The van der Waals surface area contributed by atoms with Crippen molar-refractivity contribution in [2.24, 2.45) is 0 Å². The highest BCUT2D eigenvalue weighted by molar-refractivity contribution is 5.91. The van der Waals surface area contributed by atoms with Crippen LogP contribution in [0.2, 0.25) is 0 Å². The number of ether oxygens (including phenoxy) is 1. The van der Waals surface area contributed by atoms with E-state index in [0.717, 1.165) is 0 Å². The Morgan fingerprint density at radius 1 is 1.17 bits per heavy atom. The second-order valence-electron chi connectivity index (χ2n) is 4.74. The maximum Gasteiger partial charge on any atom is 0.471 e. The summed E-state index contributed by atoms with van der Waals surface area (Å²) in [7, 11) is 0. The Morgan fingerprint density at radius 3 is 2.33 bits per heavy atom. The van der Waals surface area contributed by atoms with Crippen molar-refractivity contribution in [1.82, 2.24) is 10.6 Å². The number of benzene rings is 1. The Labute approximate surface area is 136 Å². The van der Waals surface area contributed by atoms with Crippen molar-refractivity contribution in [1.29, 1.82) is 0 Å². The van der Waals surface area contributed by atoms with Crippen LogP contribution in [0.25, 0.3) is 0 Å². The van der Waals surface area contributed by atoms with Gasteiger partial charge in [-0.05, 0) is 12.5 Å². The number of hydrogen-bond donors (Lipinski definition) is 2. The lowest BCUT2D eigenvalue weighted by Crippen LogP contribution is -2.52. The van der Waals surface area contributed by atoms with Crippen LogP contribution in [-0.4, -0.2) is 43.2 Å². The molecule has 24 heavy (non-hydrogen) atoms. The molecule has 132 valence electrons. The predicted octanol–water partition coefficient (Wildman–Crippen LogP) is 0.955. The molecule has 1 unspecified atom stereocenters. The molecule has 0 saturated carbocycles. The van der Waals surface area contributed by atoms with Crippen LogP contribution in [0.15, 0.2) is 30.3 Å². The fourth-order valence-electron chi connectivity index (χ4n) is 1.79. The molecule has 0 saturated heterocycles. The van der Waals surface area contributed by atoms with E-state index in [0.29, 0.717) is 5.56 Å². The van der Waals surface area contributed by atoms with Gasteiger partial charge in [0.05, 0.1) is 6.61 Å². The lowest BCUT2D eigenvalue weighted by Gasteiger charge is -2.19. The monoisotopic (exact) mass is 346 g/mol. The highest BCUT2D eigenvalue weighted by Gasteiger charge is 2.40. The number of nitrogens with one attached hydrogen (secondary N) is 2. The maximum absolute atomic E-state index is 12.4. The van der Waals surface area contributed by atoms with E-state index >= 15 is 0 Å². The van der Waals surface area contributed by atoms with Crippen LogP contribution >= 0.6 is 0 Å². The maximum atomic E-state index is 12.4. The number of alkyl halides is 3. The van der Waals surface area contributed by atoms with Crippen LogP contribution in [0.4, 0.5) is 13.2 Å². The van der Waals surface area contributed by atoms with Crippen molar-refractivity contribution in [2.75, 3.05) is 13.2 Å². The SMILES string of the molecule is CCOC(=O)CNC(=O)C(Cc1ccccc1)NC(=O)C(F)(F)F. The van der Waals surface area contributed by atoms with E-state index in [1.165, 1.54) is 0 Å². The fourth-order valence-corrected chi connectivity index (χ4v) is 1.79. The van der Waals surface area contributed by atoms with Gasteiger partial charge in [0.15, 0.2) is 0 Å². The first-order valence-electron chi connectivity index (χ1n) is 7.09. The molecule has 1 rings (SSSR count). The van der Waals surface area contributed by atoms with E-state index in [4.69, 9.17) is 0 Å². The summed E-state index contributed by atoms with van der Waals surface area (Å²) in [6, 6.07) is 6.73. The second kappa shape index (κ2) is 8.90. The van der Waals surface area contributed by atoms with Crippen LogP contribution in [-0.2, 0) is 25.5 Å². The minimum absolute atomic E-state index is 0.104. The van der Waals surface area contributed by atoms with E-state index < -0.39 is 36.5 Å². The van der Waals surface area contributed by atoms with Gasteiger partial charge < -0.3 is 15.4 Å². The molecule has 9 heteroatoms. The molecule has 1 aromatic rings. The van der Waals surface area contributed by atoms with Gasteiger partial charge in [-0.15, -0.1) is 0 Å². The molecule has 0 spiro atoms. The molecule has 0 heterocycles. The summed E-state index contributed by atoms with van der Waals surface area (Å²) < 4.78 is 41.8. The summed E-state index contributed by atoms with van der Waals surface area (Å²) in [6.07, 6.45) is -5.27. The molecule has 0 aliphatic heterocycles. The van der Waals surface area contributed by atoms with Gasteiger partial charge in [0.1, 0.15) is 12.6 Å². The van der Waals surface area contributed by atoms with Gasteiger partial charge in [0.2, 0.25) is 5.91 Å². The molecule has 1 aromatic carbocycles. The highest BCUT2D eigenvalue weighted by Crippen LogP contribution is 2.15. The number of halogens is 3. The minimum atomic E-state index is -5.11. The Bertz CT molecular complexity index is 576.